The maximum absolute atomic E-state index is 5.98. The van der Waals surface area contributed by atoms with Gasteiger partial charge in [-0.1, -0.05) is 72.8 Å². The Labute approximate surface area is 185 Å². The van der Waals surface area contributed by atoms with Crippen LogP contribution in [0.25, 0.3) is 21.5 Å². The van der Waals surface area contributed by atoms with Gasteiger partial charge in [0, 0.05) is 10.9 Å². The fourth-order valence-electron chi connectivity index (χ4n) is 4.47. The van der Waals surface area contributed by atoms with Crippen LogP contribution in [-0.2, 0) is 0 Å². The number of hydrogen-bond donors (Lipinski definition) is 0. The molecule has 0 aliphatic carbocycles. The second kappa shape index (κ2) is 6.72. The summed E-state index contributed by atoms with van der Waals surface area (Å²) in [5.74, 6) is 3.12. The summed E-state index contributed by atoms with van der Waals surface area (Å²) in [6, 6.07) is 32.5. The van der Waals surface area contributed by atoms with Gasteiger partial charge < -0.3 is 18.6 Å². The van der Waals surface area contributed by atoms with Crippen molar-refractivity contribution >= 4 is 46.7 Å². The van der Waals surface area contributed by atoms with Crippen LogP contribution in [0, 0.1) is 0 Å². The molecule has 0 amide bonds. The molecule has 7 rings (SSSR count). The third kappa shape index (κ3) is 2.73. The largest absolute Gasteiger partial charge is 0.632 e. The molecular weight excluding hydrogens is 398 g/mol. The predicted molar refractivity (Wildman–Crippen MR) is 128 cm³/mol. The first kappa shape index (κ1) is 17.6. The van der Waals surface area contributed by atoms with Gasteiger partial charge in [-0.2, -0.15) is 0 Å². The summed E-state index contributed by atoms with van der Waals surface area (Å²) in [4.78, 5) is 0. The van der Waals surface area contributed by atoms with Crippen LogP contribution < -0.4 is 29.5 Å². The zero-order valence-electron chi connectivity index (χ0n) is 17.0. The quantitative estimate of drug-likeness (QED) is 0.319. The highest BCUT2D eigenvalue weighted by Crippen LogP contribution is 2.34. The monoisotopic (exact) mass is 414 g/mol. The molecule has 0 saturated heterocycles. The summed E-state index contributed by atoms with van der Waals surface area (Å²) >= 11 is 0. The molecule has 0 aromatic heterocycles. The first-order valence-corrected chi connectivity index (χ1v) is 10.6. The van der Waals surface area contributed by atoms with Gasteiger partial charge in [0.25, 0.3) is 0 Å². The summed E-state index contributed by atoms with van der Waals surface area (Å²) in [6.45, 7) is 0. The summed E-state index contributed by atoms with van der Waals surface area (Å²) in [5, 5.41) is 4.66. The van der Waals surface area contributed by atoms with E-state index >= 15 is 0 Å². The van der Waals surface area contributed by atoms with Crippen molar-refractivity contribution in [2.75, 3.05) is 0 Å². The van der Waals surface area contributed by atoms with Gasteiger partial charge in [0.2, 0.25) is 0 Å². The lowest BCUT2D eigenvalue weighted by molar-refractivity contribution is 0.518. The van der Waals surface area contributed by atoms with E-state index in [1.807, 2.05) is 48.5 Å². The Bertz CT molecular complexity index is 1350. The Morgan fingerprint density at radius 3 is 1.16 bits per heavy atom. The number of hydrogen-bond acceptors (Lipinski definition) is 4. The molecule has 0 radical (unpaired) electrons. The molecule has 0 saturated carbocycles. The van der Waals surface area contributed by atoms with E-state index in [9.17, 15) is 0 Å². The first-order chi connectivity index (χ1) is 15.8. The molecule has 0 fully saturated rings. The third-order valence-corrected chi connectivity index (χ3v) is 6.06. The lowest BCUT2D eigenvalue weighted by Crippen LogP contribution is -2.39. The SMILES string of the molecule is c1ccc2c(c1)OB(c1ccc3c(ccc4cc(B5Oc6ccccc6O5)ccc43)c1)O2. The minimum absolute atomic E-state index is 0.423. The molecule has 0 N–H and O–H groups in total. The average Bonchev–Trinajstić information content (AvgIpc) is 3.47. The lowest BCUT2D eigenvalue weighted by atomic mass is 9.77. The van der Waals surface area contributed by atoms with Gasteiger partial charge in [-0.3, -0.25) is 0 Å². The van der Waals surface area contributed by atoms with E-state index in [1.165, 1.54) is 10.8 Å². The molecule has 32 heavy (non-hydrogen) atoms. The van der Waals surface area contributed by atoms with E-state index in [0.29, 0.717) is 0 Å². The molecular formula is C26H16B2O4. The van der Waals surface area contributed by atoms with Crippen molar-refractivity contribution in [1.82, 2.24) is 0 Å². The molecule has 5 aromatic carbocycles. The van der Waals surface area contributed by atoms with E-state index in [0.717, 1.165) is 44.7 Å². The van der Waals surface area contributed by atoms with Crippen LogP contribution in [0.5, 0.6) is 23.0 Å². The standard InChI is InChI=1S/C26H16B2O4/c1-2-6-24-23(5-1)29-27(30-24)19-11-13-21-17(15-19)9-10-18-16-20(12-14-22(18)21)28-31-25-7-3-4-8-26(25)32-28/h1-16H. The second-order valence-electron chi connectivity index (χ2n) is 8.06. The van der Waals surface area contributed by atoms with Gasteiger partial charge in [-0.05, 0) is 45.8 Å². The maximum atomic E-state index is 5.98. The van der Waals surface area contributed by atoms with Gasteiger partial charge in [0.05, 0.1) is 0 Å². The van der Waals surface area contributed by atoms with E-state index in [1.54, 1.807) is 0 Å². The van der Waals surface area contributed by atoms with Gasteiger partial charge in [0.1, 0.15) is 23.0 Å². The van der Waals surface area contributed by atoms with Crippen molar-refractivity contribution < 1.29 is 18.6 Å². The second-order valence-corrected chi connectivity index (χ2v) is 8.06. The zero-order valence-corrected chi connectivity index (χ0v) is 17.0. The van der Waals surface area contributed by atoms with Crippen molar-refractivity contribution in [1.29, 1.82) is 0 Å². The summed E-state index contributed by atoms with van der Waals surface area (Å²) in [5.41, 5.74) is 1.99. The maximum Gasteiger partial charge on any atom is 0.632 e. The third-order valence-electron chi connectivity index (χ3n) is 6.06. The molecule has 2 aliphatic heterocycles. The van der Waals surface area contributed by atoms with Gasteiger partial charge in [-0.25, -0.2) is 0 Å². The Balaban J connectivity index is 1.22. The highest BCUT2D eigenvalue weighted by Gasteiger charge is 2.35. The summed E-state index contributed by atoms with van der Waals surface area (Å²) in [7, 11) is -0.846. The molecule has 6 heteroatoms. The fraction of sp³-hybridized carbons (Fsp3) is 0. The Morgan fingerprint density at radius 1 is 0.406 bits per heavy atom. The molecule has 5 aromatic rings. The van der Waals surface area contributed by atoms with Gasteiger partial charge >= 0.3 is 14.2 Å². The molecule has 2 aliphatic rings. The van der Waals surface area contributed by atoms with Gasteiger partial charge in [0.15, 0.2) is 0 Å². The molecule has 4 nitrogen and oxygen atoms in total. The van der Waals surface area contributed by atoms with Crippen molar-refractivity contribution in [2.45, 2.75) is 0 Å². The molecule has 0 bridgehead atoms. The van der Waals surface area contributed by atoms with Crippen LogP contribution in [-0.4, -0.2) is 14.2 Å². The highest BCUT2D eigenvalue weighted by atomic mass is 16.6. The predicted octanol–water partition coefficient (Wildman–Crippen LogP) is 4.33. The normalized spacial score (nSPS) is 13.9. The van der Waals surface area contributed by atoms with Crippen LogP contribution in [0.15, 0.2) is 97.1 Å². The molecule has 0 spiro atoms. The highest BCUT2D eigenvalue weighted by molar-refractivity contribution is 6.64. The topological polar surface area (TPSA) is 36.9 Å². The van der Waals surface area contributed by atoms with Crippen LogP contribution in [0.2, 0.25) is 0 Å². The molecule has 2 heterocycles. The lowest BCUT2D eigenvalue weighted by Gasteiger charge is -2.10. The molecule has 150 valence electrons. The first-order valence-electron chi connectivity index (χ1n) is 10.6. The Kier molecular flexibility index (Phi) is 3.70. The van der Waals surface area contributed by atoms with Crippen LogP contribution in [0.4, 0.5) is 0 Å². The van der Waals surface area contributed by atoms with E-state index in [-0.39, 0.29) is 0 Å². The number of rotatable bonds is 2. The summed E-state index contributed by atoms with van der Waals surface area (Å²) in [6.07, 6.45) is 0. The smallest absolute Gasteiger partial charge is 0.519 e. The van der Waals surface area contributed by atoms with Crippen LogP contribution in [0.3, 0.4) is 0 Å². The number of para-hydroxylation sites is 4. The van der Waals surface area contributed by atoms with Crippen LogP contribution in [0.1, 0.15) is 0 Å². The summed E-state index contributed by atoms with van der Waals surface area (Å²) < 4.78 is 23.9. The van der Waals surface area contributed by atoms with E-state index < -0.39 is 14.2 Å². The minimum Gasteiger partial charge on any atom is -0.519 e. The van der Waals surface area contributed by atoms with E-state index in [4.69, 9.17) is 18.6 Å². The Morgan fingerprint density at radius 2 is 0.781 bits per heavy atom. The number of benzene rings is 5. The Hall–Kier alpha value is -4.05. The molecule has 0 unspecified atom stereocenters. The minimum atomic E-state index is -0.423. The van der Waals surface area contributed by atoms with E-state index in [2.05, 4.69) is 48.5 Å². The van der Waals surface area contributed by atoms with Crippen LogP contribution >= 0.6 is 0 Å². The fourth-order valence-corrected chi connectivity index (χ4v) is 4.47. The van der Waals surface area contributed by atoms with Crippen molar-refractivity contribution in [3.8, 4) is 23.0 Å². The number of fused-ring (bicyclic) bond motifs is 5. The average molecular weight is 414 g/mol. The van der Waals surface area contributed by atoms with Gasteiger partial charge in [-0.15, -0.1) is 0 Å². The van der Waals surface area contributed by atoms with Crippen molar-refractivity contribution in [2.24, 2.45) is 0 Å². The zero-order chi connectivity index (χ0) is 21.1. The molecule has 0 atom stereocenters. The van der Waals surface area contributed by atoms with Crippen molar-refractivity contribution in [3.63, 3.8) is 0 Å². The van der Waals surface area contributed by atoms with Crippen molar-refractivity contribution in [3.05, 3.63) is 97.1 Å².